The molecule has 1 atom stereocenters. The van der Waals surface area contributed by atoms with Gasteiger partial charge in [-0.1, -0.05) is 6.07 Å². The number of hydrogen-bond acceptors (Lipinski definition) is 3. The van der Waals surface area contributed by atoms with E-state index in [0.29, 0.717) is 0 Å². The molecule has 72 valence electrons. The van der Waals surface area contributed by atoms with Crippen molar-refractivity contribution in [3.05, 3.63) is 23.4 Å². The number of aryl methyl sites for hydroxylation is 1. The summed E-state index contributed by atoms with van der Waals surface area (Å²) in [6.45, 7) is 3.96. The quantitative estimate of drug-likeness (QED) is 0.747. The maximum absolute atomic E-state index is 5.79. The Kier molecular flexibility index (Phi) is 2.88. The van der Waals surface area contributed by atoms with Crippen LogP contribution in [-0.2, 0) is 0 Å². The molecule has 0 saturated carbocycles. The molecular weight excluding hydrogens is 162 g/mol. The molecule has 1 heterocycles. The largest absolute Gasteiger partial charge is 0.363 e. The van der Waals surface area contributed by atoms with Crippen molar-refractivity contribution in [2.45, 2.75) is 19.9 Å². The van der Waals surface area contributed by atoms with Gasteiger partial charge in [0.15, 0.2) is 0 Å². The molecule has 1 rings (SSSR count). The average molecular weight is 179 g/mol. The van der Waals surface area contributed by atoms with E-state index in [2.05, 4.69) is 4.98 Å². The third kappa shape index (κ3) is 2.18. The minimum Gasteiger partial charge on any atom is -0.363 e. The summed E-state index contributed by atoms with van der Waals surface area (Å²) in [4.78, 5) is 6.42. The lowest BCUT2D eigenvalue weighted by molar-refractivity contribution is 0.798. The van der Waals surface area contributed by atoms with E-state index in [-0.39, 0.29) is 6.04 Å². The summed E-state index contributed by atoms with van der Waals surface area (Å²) in [6.07, 6.45) is 0. The molecule has 0 aliphatic carbocycles. The highest BCUT2D eigenvalue weighted by atomic mass is 15.1. The molecule has 0 unspecified atom stereocenters. The zero-order valence-electron chi connectivity index (χ0n) is 8.70. The van der Waals surface area contributed by atoms with Crippen LogP contribution in [0, 0.1) is 6.92 Å². The smallest absolute Gasteiger partial charge is 0.128 e. The summed E-state index contributed by atoms with van der Waals surface area (Å²) in [5.74, 6) is 0.974. The second-order valence-corrected chi connectivity index (χ2v) is 3.53. The van der Waals surface area contributed by atoms with E-state index in [1.165, 1.54) is 0 Å². The molecule has 1 aromatic heterocycles. The number of anilines is 1. The summed E-state index contributed by atoms with van der Waals surface area (Å²) in [5.41, 5.74) is 7.92. The van der Waals surface area contributed by atoms with Crippen LogP contribution in [0.25, 0.3) is 0 Å². The van der Waals surface area contributed by atoms with Crippen LogP contribution in [0.2, 0.25) is 0 Å². The predicted molar refractivity (Wildman–Crippen MR) is 55.9 cm³/mol. The van der Waals surface area contributed by atoms with Crippen LogP contribution >= 0.6 is 0 Å². The Morgan fingerprint density at radius 3 is 2.38 bits per heavy atom. The van der Waals surface area contributed by atoms with E-state index in [9.17, 15) is 0 Å². The highest BCUT2D eigenvalue weighted by Crippen LogP contribution is 2.17. The molecule has 0 aliphatic rings. The molecule has 13 heavy (non-hydrogen) atoms. The molecule has 0 aromatic carbocycles. The van der Waals surface area contributed by atoms with E-state index in [1.807, 2.05) is 45.0 Å². The van der Waals surface area contributed by atoms with Gasteiger partial charge in [0.25, 0.3) is 0 Å². The maximum atomic E-state index is 5.79. The van der Waals surface area contributed by atoms with Gasteiger partial charge < -0.3 is 10.6 Å². The zero-order valence-corrected chi connectivity index (χ0v) is 8.70. The lowest BCUT2D eigenvalue weighted by Crippen LogP contribution is -2.13. The van der Waals surface area contributed by atoms with Crippen molar-refractivity contribution < 1.29 is 0 Å². The Bertz CT molecular complexity index is 292. The van der Waals surface area contributed by atoms with Gasteiger partial charge in [-0.3, -0.25) is 0 Å². The molecule has 0 amide bonds. The van der Waals surface area contributed by atoms with Crippen LogP contribution in [-0.4, -0.2) is 19.1 Å². The molecule has 0 spiro atoms. The second-order valence-electron chi connectivity index (χ2n) is 3.53. The van der Waals surface area contributed by atoms with E-state index >= 15 is 0 Å². The van der Waals surface area contributed by atoms with Crippen molar-refractivity contribution in [3.63, 3.8) is 0 Å². The summed E-state index contributed by atoms with van der Waals surface area (Å²) in [5, 5.41) is 0. The third-order valence-corrected chi connectivity index (χ3v) is 2.06. The summed E-state index contributed by atoms with van der Waals surface area (Å²) in [6, 6.07) is 4.09. The Labute approximate surface area is 79.6 Å². The van der Waals surface area contributed by atoms with Gasteiger partial charge in [-0.25, -0.2) is 4.98 Å². The van der Waals surface area contributed by atoms with Gasteiger partial charge in [-0.15, -0.1) is 0 Å². The molecule has 1 aromatic rings. The monoisotopic (exact) mass is 179 g/mol. The Hall–Kier alpha value is -1.09. The fourth-order valence-corrected chi connectivity index (χ4v) is 1.29. The number of hydrogen-bond donors (Lipinski definition) is 1. The summed E-state index contributed by atoms with van der Waals surface area (Å²) >= 11 is 0. The van der Waals surface area contributed by atoms with E-state index in [1.54, 1.807) is 0 Å². The van der Waals surface area contributed by atoms with E-state index in [0.717, 1.165) is 17.1 Å². The molecule has 0 aliphatic heterocycles. The SMILES string of the molecule is Cc1nc(N(C)C)ccc1[C@H](C)N. The van der Waals surface area contributed by atoms with Gasteiger partial charge in [-0.2, -0.15) is 0 Å². The number of nitrogens with two attached hydrogens (primary N) is 1. The molecule has 0 bridgehead atoms. The second kappa shape index (κ2) is 3.75. The van der Waals surface area contributed by atoms with Crippen molar-refractivity contribution in [2.24, 2.45) is 5.73 Å². The van der Waals surface area contributed by atoms with Gasteiger partial charge >= 0.3 is 0 Å². The van der Waals surface area contributed by atoms with Gasteiger partial charge in [0, 0.05) is 25.8 Å². The van der Waals surface area contributed by atoms with Crippen molar-refractivity contribution in [1.29, 1.82) is 0 Å². The summed E-state index contributed by atoms with van der Waals surface area (Å²) in [7, 11) is 3.96. The Morgan fingerprint density at radius 2 is 2.00 bits per heavy atom. The molecular formula is C10H17N3. The van der Waals surface area contributed by atoms with Crippen LogP contribution < -0.4 is 10.6 Å². The fourth-order valence-electron chi connectivity index (χ4n) is 1.29. The molecule has 3 heteroatoms. The maximum Gasteiger partial charge on any atom is 0.128 e. The van der Waals surface area contributed by atoms with Gasteiger partial charge in [0.05, 0.1) is 0 Å². The minimum atomic E-state index is 0.0590. The predicted octanol–water partition coefficient (Wildman–Crippen LogP) is 1.48. The standard InChI is InChI=1S/C10H17N3/c1-7(11)9-5-6-10(13(3)4)12-8(9)2/h5-7H,11H2,1-4H3/t7-/m0/s1. The highest BCUT2D eigenvalue weighted by Gasteiger charge is 2.06. The molecule has 3 nitrogen and oxygen atoms in total. The van der Waals surface area contributed by atoms with Crippen molar-refractivity contribution >= 4 is 5.82 Å². The van der Waals surface area contributed by atoms with Crippen molar-refractivity contribution in [3.8, 4) is 0 Å². The molecule has 0 fully saturated rings. The van der Waals surface area contributed by atoms with Crippen LogP contribution in [0.3, 0.4) is 0 Å². The van der Waals surface area contributed by atoms with Crippen molar-refractivity contribution in [2.75, 3.05) is 19.0 Å². The molecule has 2 N–H and O–H groups in total. The van der Waals surface area contributed by atoms with E-state index in [4.69, 9.17) is 5.73 Å². The Balaban J connectivity index is 3.06. The third-order valence-electron chi connectivity index (χ3n) is 2.06. The number of rotatable bonds is 2. The number of nitrogens with zero attached hydrogens (tertiary/aromatic N) is 2. The van der Waals surface area contributed by atoms with Crippen molar-refractivity contribution in [1.82, 2.24) is 4.98 Å². The highest BCUT2D eigenvalue weighted by molar-refractivity contribution is 5.40. The number of aromatic nitrogens is 1. The first-order valence-corrected chi connectivity index (χ1v) is 4.43. The average Bonchev–Trinajstić information content (AvgIpc) is 2.03. The Morgan fingerprint density at radius 1 is 1.38 bits per heavy atom. The lowest BCUT2D eigenvalue weighted by atomic mass is 10.1. The molecule has 0 radical (unpaired) electrons. The first kappa shape index (κ1) is 9.99. The van der Waals surface area contributed by atoms with Gasteiger partial charge in [0.2, 0.25) is 0 Å². The number of pyridine rings is 1. The van der Waals surface area contributed by atoms with Gasteiger partial charge in [-0.05, 0) is 25.5 Å². The zero-order chi connectivity index (χ0) is 10.0. The molecule has 0 saturated heterocycles. The lowest BCUT2D eigenvalue weighted by Gasteiger charge is -2.15. The normalized spacial score (nSPS) is 12.7. The van der Waals surface area contributed by atoms with Crippen LogP contribution in [0.15, 0.2) is 12.1 Å². The summed E-state index contributed by atoms with van der Waals surface area (Å²) < 4.78 is 0. The van der Waals surface area contributed by atoms with Crippen LogP contribution in [0.5, 0.6) is 0 Å². The van der Waals surface area contributed by atoms with Crippen LogP contribution in [0.1, 0.15) is 24.2 Å². The fraction of sp³-hybridized carbons (Fsp3) is 0.500. The first-order valence-electron chi connectivity index (χ1n) is 4.43. The van der Waals surface area contributed by atoms with Crippen LogP contribution in [0.4, 0.5) is 5.82 Å². The topological polar surface area (TPSA) is 42.2 Å². The first-order chi connectivity index (χ1) is 6.02. The van der Waals surface area contributed by atoms with E-state index < -0.39 is 0 Å². The minimum absolute atomic E-state index is 0.0590. The van der Waals surface area contributed by atoms with Gasteiger partial charge in [0.1, 0.15) is 5.82 Å².